The zero-order valence-electron chi connectivity index (χ0n) is 11.1. The van der Waals surface area contributed by atoms with Gasteiger partial charge in [0.05, 0.1) is 6.10 Å². The third-order valence-electron chi connectivity index (χ3n) is 2.76. The molecule has 0 aliphatic carbocycles. The lowest BCUT2D eigenvalue weighted by Crippen LogP contribution is -2.21. The monoisotopic (exact) mass is 252 g/mol. The molecule has 1 atom stereocenters. The Labute approximate surface area is 107 Å². The van der Waals surface area contributed by atoms with Crippen LogP contribution < -0.4 is 15.5 Å². The Kier molecular flexibility index (Phi) is 4.14. The lowest BCUT2D eigenvalue weighted by molar-refractivity contribution is 0.120. The van der Waals surface area contributed by atoms with Gasteiger partial charge in [0.1, 0.15) is 0 Å². The normalized spacial score (nSPS) is 18.7. The molecule has 1 aliphatic heterocycles. The molecule has 1 aromatic rings. The van der Waals surface area contributed by atoms with E-state index in [2.05, 4.69) is 25.6 Å². The molecule has 0 bridgehead atoms. The molecule has 0 radical (unpaired) electrons. The fraction of sp³-hybridized carbons (Fsp3) is 0.727. The molecule has 100 valence electrons. The standard InChI is InChI=1S/C11H20N6O/c1-12-9-14-10(16-11(15-9)17(2)3)13-7-8-5-4-6-18-8/h8H,4-7H2,1-3H3,(H2,12,13,14,15,16). The van der Waals surface area contributed by atoms with Gasteiger partial charge in [0.15, 0.2) is 0 Å². The Morgan fingerprint density at radius 1 is 1.28 bits per heavy atom. The van der Waals surface area contributed by atoms with Gasteiger partial charge >= 0.3 is 0 Å². The van der Waals surface area contributed by atoms with Crippen molar-refractivity contribution >= 4 is 17.8 Å². The number of aromatic nitrogens is 3. The molecular weight excluding hydrogens is 232 g/mol. The number of nitrogens with one attached hydrogen (secondary N) is 2. The molecule has 1 unspecified atom stereocenters. The van der Waals surface area contributed by atoms with Crippen LogP contribution in [-0.4, -0.2) is 55.4 Å². The van der Waals surface area contributed by atoms with Crippen molar-refractivity contribution in [2.24, 2.45) is 0 Å². The first-order valence-corrected chi connectivity index (χ1v) is 6.15. The van der Waals surface area contributed by atoms with Crippen LogP contribution in [0.3, 0.4) is 0 Å². The summed E-state index contributed by atoms with van der Waals surface area (Å²) in [6, 6.07) is 0. The van der Waals surface area contributed by atoms with Crippen LogP contribution in [0.25, 0.3) is 0 Å². The third-order valence-corrected chi connectivity index (χ3v) is 2.76. The van der Waals surface area contributed by atoms with Gasteiger partial charge in [0.25, 0.3) is 0 Å². The topological polar surface area (TPSA) is 75.2 Å². The highest BCUT2D eigenvalue weighted by Crippen LogP contribution is 2.14. The number of anilines is 3. The summed E-state index contributed by atoms with van der Waals surface area (Å²) >= 11 is 0. The number of rotatable bonds is 5. The van der Waals surface area contributed by atoms with Gasteiger partial charge in [-0.1, -0.05) is 0 Å². The summed E-state index contributed by atoms with van der Waals surface area (Å²) in [4.78, 5) is 14.7. The van der Waals surface area contributed by atoms with Crippen molar-refractivity contribution in [1.82, 2.24) is 15.0 Å². The van der Waals surface area contributed by atoms with E-state index >= 15 is 0 Å². The fourth-order valence-corrected chi connectivity index (χ4v) is 1.77. The van der Waals surface area contributed by atoms with E-state index in [9.17, 15) is 0 Å². The average molecular weight is 252 g/mol. The van der Waals surface area contributed by atoms with Crippen LogP contribution in [0.4, 0.5) is 17.8 Å². The largest absolute Gasteiger partial charge is 0.376 e. The molecule has 7 heteroatoms. The van der Waals surface area contributed by atoms with Gasteiger partial charge in [-0.05, 0) is 12.8 Å². The molecular formula is C11H20N6O. The molecule has 2 rings (SSSR count). The Hall–Kier alpha value is -1.63. The lowest BCUT2D eigenvalue weighted by atomic mass is 10.2. The zero-order valence-corrected chi connectivity index (χ0v) is 11.1. The second-order valence-electron chi connectivity index (χ2n) is 4.44. The predicted molar refractivity (Wildman–Crippen MR) is 71.2 cm³/mol. The van der Waals surface area contributed by atoms with Crippen LogP contribution >= 0.6 is 0 Å². The summed E-state index contributed by atoms with van der Waals surface area (Å²) in [6.07, 6.45) is 2.49. The molecule has 2 heterocycles. The Morgan fingerprint density at radius 3 is 2.67 bits per heavy atom. The van der Waals surface area contributed by atoms with Crippen molar-refractivity contribution < 1.29 is 4.74 Å². The molecule has 0 amide bonds. The number of hydrogen-bond donors (Lipinski definition) is 2. The summed E-state index contributed by atoms with van der Waals surface area (Å²) in [6.45, 7) is 1.59. The summed E-state index contributed by atoms with van der Waals surface area (Å²) in [5, 5.41) is 6.13. The molecule has 1 aromatic heterocycles. The smallest absolute Gasteiger partial charge is 0.231 e. The first kappa shape index (κ1) is 12.8. The van der Waals surface area contributed by atoms with Gasteiger partial charge in [-0.25, -0.2) is 0 Å². The van der Waals surface area contributed by atoms with Gasteiger partial charge < -0.3 is 20.3 Å². The molecule has 0 saturated carbocycles. The highest BCUT2D eigenvalue weighted by molar-refractivity contribution is 5.42. The maximum atomic E-state index is 5.55. The number of ether oxygens (including phenoxy) is 1. The van der Waals surface area contributed by atoms with E-state index in [-0.39, 0.29) is 6.10 Å². The quantitative estimate of drug-likeness (QED) is 0.793. The Morgan fingerprint density at radius 2 is 2.06 bits per heavy atom. The zero-order chi connectivity index (χ0) is 13.0. The van der Waals surface area contributed by atoms with Crippen LogP contribution in [0.2, 0.25) is 0 Å². The van der Waals surface area contributed by atoms with E-state index in [1.165, 1.54) is 0 Å². The van der Waals surface area contributed by atoms with Gasteiger partial charge in [0.2, 0.25) is 17.8 Å². The maximum Gasteiger partial charge on any atom is 0.231 e. The molecule has 0 spiro atoms. The SMILES string of the molecule is CNc1nc(NCC2CCCO2)nc(N(C)C)n1. The first-order chi connectivity index (χ1) is 8.69. The van der Waals surface area contributed by atoms with Crippen LogP contribution in [0.1, 0.15) is 12.8 Å². The molecule has 1 saturated heterocycles. The van der Waals surface area contributed by atoms with Crippen molar-refractivity contribution in [2.75, 3.05) is 49.8 Å². The number of nitrogens with zero attached hydrogens (tertiary/aromatic N) is 4. The van der Waals surface area contributed by atoms with E-state index in [4.69, 9.17) is 4.74 Å². The minimum Gasteiger partial charge on any atom is -0.376 e. The Bertz CT molecular complexity index is 391. The van der Waals surface area contributed by atoms with Crippen molar-refractivity contribution in [3.8, 4) is 0 Å². The minimum atomic E-state index is 0.266. The summed E-state index contributed by atoms with van der Waals surface area (Å²) in [5.41, 5.74) is 0. The third kappa shape index (κ3) is 3.19. The summed E-state index contributed by atoms with van der Waals surface area (Å²) < 4.78 is 5.55. The first-order valence-electron chi connectivity index (χ1n) is 6.15. The van der Waals surface area contributed by atoms with Crippen molar-refractivity contribution in [3.63, 3.8) is 0 Å². The van der Waals surface area contributed by atoms with Crippen molar-refractivity contribution in [3.05, 3.63) is 0 Å². The van der Waals surface area contributed by atoms with Crippen LogP contribution in [-0.2, 0) is 4.74 Å². The summed E-state index contributed by atoms with van der Waals surface area (Å²) in [7, 11) is 5.59. The second-order valence-corrected chi connectivity index (χ2v) is 4.44. The highest BCUT2D eigenvalue weighted by Gasteiger charge is 2.16. The van der Waals surface area contributed by atoms with Crippen LogP contribution in [0.15, 0.2) is 0 Å². The molecule has 1 aliphatic rings. The molecule has 7 nitrogen and oxygen atoms in total. The molecule has 1 fully saturated rings. The van der Waals surface area contributed by atoms with Gasteiger partial charge in [-0.3, -0.25) is 0 Å². The van der Waals surface area contributed by atoms with E-state index in [0.717, 1.165) is 26.0 Å². The van der Waals surface area contributed by atoms with Crippen LogP contribution in [0.5, 0.6) is 0 Å². The van der Waals surface area contributed by atoms with Gasteiger partial charge in [-0.2, -0.15) is 15.0 Å². The second kappa shape index (κ2) is 5.81. The van der Waals surface area contributed by atoms with Crippen molar-refractivity contribution in [2.45, 2.75) is 18.9 Å². The van der Waals surface area contributed by atoms with Crippen molar-refractivity contribution in [1.29, 1.82) is 0 Å². The summed E-state index contributed by atoms with van der Waals surface area (Å²) in [5.74, 6) is 1.77. The minimum absolute atomic E-state index is 0.266. The average Bonchev–Trinajstić information content (AvgIpc) is 2.89. The number of hydrogen-bond acceptors (Lipinski definition) is 7. The Balaban J connectivity index is 2.03. The predicted octanol–water partition coefficient (Wildman–Crippen LogP) is 0.570. The van der Waals surface area contributed by atoms with Gasteiger partial charge in [0, 0.05) is 34.3 Å². The maximum absolute atomic E-state index is 5.55. The van der Waals surface area contributed by atoms with E-state index < -0.39 is 0 Å². The van der Waals surface area contributed by atoms with Crippen LogP contribution in [0, 0.1) is 0 Å². The molecule has 18 heavy (non-hydrogen) atoms. The van der Waals surface area contributed by atoms with E-state index in [1.54, 1.807) is 7.05 Å². The van der Waals surface area contributed by atoms with E-state index in [0.29, 0.717) is 17.8 Å². The molecule has 2 N–H and O–H groups in total. The molecule has 0 aromatic carbocycles. The van der Waals surface area contributed by atoms with Gasteiger partial charge in [-0.15, -0.1) is 0 Å². The fourth-order valence-electron chi connectivity index (χ4n) is 1.77. The lowest BCUT2D eigenvalue weighted by Gasteiger charge is -2.14. The highest BCUT2D eigenvalue weighted by atomic mass is 16.5. The van der Waals surface area contributed by atoms with E-state index in [1.807, 2.05) is 19.0 Å².